The molecule has 3 rings (SSSR count). The van der Waals surface area contributed by atoms with Crippen molar-refractivity contribution in [1.82, 2.24) is 14.8 Å². The average Bonchev–Trinajstić information content (AvgIpc) is 3.21. The van der Waals surface area contributed by atoms with Gasteiger partial charge in [-0.1, -0.05) is 45.0 Å². The van der Waals surface area contributed by atoms with Crippen molar-refractivity contribution in [3.8, 4) is 0 Å². The second-order valence-electron chi connectivity index (χ2n) is 6.55. The van der Waals surface area contributed by atoms with Gasteiger partial charge in [-0.25, -0.2) is 0 Å². The zero-order chi connectivity index (χ0) is 15.0. The summed E-state index contributed by atoms with van der Waals surface area (Å²) in [5.41, 5.74) is 2.71. The van der Waals surface area contributed by atoms with Crippen LogP contribution in [0.25, 0.3) is 0 Å². The van der Waals surface area contributed by atoms with E-state index in [-0.39, 0.29) is 5.92 Å². The first-order chi connectivity index (χ1) is 10.1. The fraction of sp³-hybridized carbons (Fsp3) is 0.529. The molecular weight excluding hydrogens is 278 g/mol. The number of rotatable bonds is 5. The second-order valence-corrected chi connectivity index (χ2v) is 6.94. The quantitative estimate of drug-likeness (QED) is 0.817. The van der Waals surface area contributed by atoms with Gasteiger partial charge in [0.05, 0.1) is 0 Å². The van der Waals surface area contributed by atoms with Gasteiger partial charge in [-0.15, -0.1) is 0 Å². The third-order valence-electron chi connectivity index (χ3n) is 4.15. The number of hydrogen-bond donors (Lipinski definition) is 1. The summed E-state index contributed by atoms with van der Waals surface area (Å²) in [6.45, 7) is 6.72. The SMILES string of the molecule is CC(C)Cc1ccc(C(C)c2n[nH]c(=S)n2C2CC2)cc1. The van der Waals surface area contributed by atoms with Crippen LogP contribution in [-0.2, 0) is 6.42 Å². The third-order valence-corrected chi connectivity index (χ3v) is 4.44. The van der Waals surface area contributed by atoms with Crippen LogP contribution in [0.1, 0.15) is 62.5 Å². The summed E-state index contributed by atoms with van der Waals surface area (Å²) >= 11 is 5.37. The highest BCUT2D eigenvalue weighted by molar-refractivity contribution is 7.71. The number of H-pyrrole nitrogens is 1. The number of benzene rings is 1. The third kappa shape index (κ3) is 3.10. The Morgan fingerprint density at radius 2 is 1.90 bits per heavy atom. The Kier molecular flexibility index (Phi) is 3.98. The molecule has 1 aromatic heterocycles. The highest BCUT2D eigenvalue weighted by Crippen LogP contribution is 2.38. The van der Waals surface area contributed by atoms with Gasteiger partial charge in [-0.2, -0.15) is 5.10 Å². The Labute approximate surface area is 131 Å². The lowest BCUT2D eigenvalue weighted by Crippen LogP contribution is -2.07. The summed E-state index contributed by atoms with van der Waals surface area (Å²) in [6.07, 6.45) is 3.58. The van der Waals surface area contributed by atoms with Crippen LogP contribution in [0.3, 0.4) is 0 Å². The van der Waals surface area contributed by atoms with Gasteiger partial charge in [-0.05, 0) is 48.5 Å². The van der Waals surface area contributed by atoms with Crippen molar-refractivity contribution < 1.29 is 0 Å². The monoisotopic (exact) mass is 301 g/mol. The Bertz CT molecular complexity index is 662. The molecule has 1 aromatic carbocycles. The van der Waals surface area contributed by atoms with Crippen molar-refractivity contribution in [2.75, 3.05) is 0 Å². The fourth-order valence-electron chi connectivity index (χ4n) is 2.87. The first-order valence-corrected chi connectivity index (χ1v) is 8.22. The highest BCUT2D eigenvalue weighted by Gasteiger charge is 2.29. The molecule has 1 N–H and O–H groups in total. The maximum absolute atomic E-state index is 5.37. The Balaban J connectivity index is 1.85. The van der Waals surface area contributed by atoms with Crippen molar-refractivity contribution >= 4 is 12.2 Å². The number of nitrogens with zero attached hydrogens (tertiary/aromatic N) is 2. The van der Waals surface area contributed by atoms with E-state index < -0.39 is 0 Å². The van der Waals surface area contributed by atoms with Gasteiger partial charge < -0.3 is 4.57 Å². The number of nitrogens with one attached hydrogen (secondary N) is 1. The molecule has 0 spiro atoms. The lowest BCUT2D eigenvalue weighted by Gasteiger charge is -2.14. The maximum atomic E-state index is 5.37. The van der Waals surface area contributed by atoms with E-state index in [0.717, 1.165) is 17.0 Å². The molecule has 0 bridgehead atoms. The molecule has 1 atom stereocenters. The minimum atomic E-state index is 0.270. The molecule has 4 heteroatoms. The summed E-state index contributed by atoms with van der Waals surface area (Å²) in [6, 6.07) is 9.52. The maximum Gasteiger partial charge on any atom is 0.195 e. The molecule has 1 unspecified atom stereocenters. The van der Waals surface area contributed by atoms with Crippen LogP contribution in [-0.4, -0.2) is 14.8 Å². The van der Waals surface area contributed by atoms with E-state index in [2.05, 4.69) is 59.8 Å². The van der Waals surface area contributed by atoms with Gasteiger partial charge in [-0.3, -0.25) is 5.10 Å². The summed E-state index contributed by atoms with van der Waals surface area (Å²) in [7, 11) is 0. The Morgan fingerprint density at radius 3 is 2.48 bits per heavy atom. The molecule has 1 aliphatic carbocycles. The molecule has 0 saturated heterocycles. The molecule has 1 saturated carbocycles. The summed E-state index contributed by atoms with van der Waals surface area (Å²) in [5, 5.41) is 7.43. The van der Waals surface area contributed by atoms with Gasteiger partial charge in [0.15, 0.2) is 4.77 Å². The van der Waals surface area contributed by atoms with Gasteiger partial charge in [0, 0.05) is 12.0 Å². The predicted octanol–water partition coefficient (Wildman–Crippen LogP) is 4.63. The number of aromatic nitrogens is 3. The molecule has 1 heterocycles. The Morgan fingerprint density at radius 1 is 1.24 bits per heavy atom. The summed E-state index contributed by atoms with van der Waals surface area (Å²) < 4.78 is 2.97. The van der Waals surface area contributed by atoms with Crippen molar-refractivity contribution in [3.63, 3.8) is 0 Å². The standard InChI is InChI=1S/C17H23N3S/c1-11(2)10-13-4-6-14(7-5-13)12(3)16-18-19-17(21)20(16)15-8-9-15/h4-7,11-12,15H,8-10H2,1-3H3,(H,19,21). The minimum Gasteiger partial charge on any atom is -0.301 e. The summed E-state index contributed by atoms with van der Waals surface area (Å²) in [5.74, 6) is 2.03. The van der Waals surface area contributed by atoms with Crippen LogP contribution in [0.15, 0.2) is 24.3 Å². The van der Waals surface area contributed by atoms with Gasteiger partial charge in [0.25, 0.3) is 0 Å². The molecule has 112 valence electrons. The average molecular weight is 301 g/mol. The first kappa shape index (κ1) is 14.5. The van der Waals surface area contributed by atoms with Crippen molar-refractivity contribution in [2.24, 2.45) is 5.92 Å². The number of hydrogen-bond acceptors (Lipinski definition) is 2. The Hall–Kier alpha value is -1.42. The normalized spacial score (nSPS) is 16.4. The molecule has 0 aliphatic heterocycles. The van der Waals surface area contributed by atoms with Crippen LogP contribution in [0.5, 0.6) is 0 Å². The van der Waals surface area contributed by atoms with E-state index in [1.54, 1.807) is 0 Å². The summed E-state index contributed by atoms with van der Waals surface area (Å²) in [4.78, 5) is 0. The van der Waals surface area contributed by atoms with Crippen molar-refractivity contribution in [1.29, 1.82) is 0 Å². The lowest BCUT2D eigenvalue weighted by atomic mass is 9.96. The van der Waals surface area contributed by atoms with E-state index >= 15 is 0 Å². The molecule has 21 heavy (non-hydrogen) atoms. The van der Waals surface area contributed by atoms with Crippen LogP contribution < -0.4 is 0 Å². The smallest absolute Gasteiger partial charge is 0.195 e. The predicted molar refractivity (Wildman–Crippen MR) is 88.2 cm³/mol. The van der Waals surface area contributed by atoms with Crippen LogP contribution in [0.2, 0.25) is 0 Å². The van der Waals surface area contributed by atoms with E-state index in [1.807, 2.05) is 0 Å². The van der Waals surface area contributed by atoms with Gasteiger partial charge >= 0.3 is 0 Å². The van der Waals surface area contributed by atoms with E-state index in [0.29, 0.717) is 12.0 Å². The van der Waals surface area contributed by atoms with Gasteiger partial charge in [0.2, 0.25) is 0 Å². The topological polar surface area (TPSA) is 33.6 Å². The zero-order valence-electron chi connectivity index (χ0n) is 13.0. The van der Waals surface area contributed by atoms with Crippen LogP contribution >= 0.6 is 12.2 Å². The molecule has 1 aliphatic rings. The molecule has 1 fully saturated rings. The lowest BCUT2D eigenvalue weighted by molar-refractivity contribution is 0.643. The van der Waals surface area contributed by atoms with Crippen molar-refractivity contribution in [2.45, 2.75) is 52.0 Å². The molecular formula is C17H23N3S. The van der Waals surface area contributed by atoms with E-state index in [4.69, 9.17) is 12.2 Å². The molecule has 0 radical (unpaired) electrons. The fourth-order valence-corrected chi connectivity index (χ4v) is 3.16. The van der Waals surface area contributed by atoms with Crippen LogP contribution in [0, 0.1) is 10.7 Å². The van der Waals surface area contributed by atoms with Crippen molar-refractivity contribution in [3.05, 3.63) is 46.0 Å². The largest absolute Gasteiger partial charge is 0.301 e. The molecule has 2 aromatic rings. The molecule has 3 nitrogen and oxygen atoms in total. The first-order valence-electron chi connectivity index (χ1n) is 7.82. The van der Waals surface area contributed by atoms with E-state index in [1.165, 1.54) is 24.0 Å². The molecule has 0 amide bonds. The van der Waals surface area contributed by atoms with E-state index in [9.17, 15) is 0 Å². The second kappa shape index (κ2) is 5.76. The van der Waals surface area contributed by atoms with Crippen LogP contribution in [0.4, 0.5) is 0 Å². The number of aromatic amines is 1. The highest BCUT2D eigenvalue weighted by atomic mass is 32.1. The van der Waals surface area contributed by atoms with Gasteiger partial charge in [0.1, 0.15) is 5.82 Å². The zero-order valence-corrected chi connectivity index (χ0v) is 13.8. The minimum absolute atomic E-state index is 0.270.